The number of esters is 1. The van der Waals surface area contributed by atoms with Crippen molar-refractivity contribution in [2.24, 2.45) is 0 Å². The van der Waals surface area contributed by atoms with E-state index in [2.05, 4.69) is 5.32 Å². The zero-order valence-electron chi connectivity index (χ0n) is 18.4. The minimum atomic E-state index is -0.819. The quantitative estimate of drug-likeness (QED) is 0.602. The van der Waals surface area contributed by atoms with E-state index in [0.717, 1.165) is 36.8 Å². The molecule has 0 saturated heterocycles. The highest BCUT2D eigenvalue weighted by Gasteiger charge is 2.32. The number of hydrogen-bond acceptors (Lipinski definition) is 5. The van der Waals surface area contributed by atoms with Crippen molar-refractivity contribution in [1.82, 2.24) is 10.2 Å². The van der Waals surface area contributed by atoms with E-state index >= 15 is 0 Å². The molecule has 0 unspecified atom stereocenters. The minimum Gasteiger partial charge on any atom is -0.459 e. The fourth-order valence-electron chi connectivity index (χ4n) is 3.78. The van der Waals surface area contributed by atoms with Crippen LogP contribution in [0.2, 0.25) is 0 Å². The molecule has 3 rings (SSSR count). The number of amides is 2. The lowest BCUT2D eigenvalue weighted by molar-refractivity contribution is -0.152. The third-order valence-corrected chi connectivity index (χ3v) is 5.51. The Labute approximate surface area is 188 Å². The molecule has 1 fully saturated rings. The molecule has 1 aliphatic rings. The number of hydrogen-bond donors (Lipinski definition) is 1. The lowest BCUT2D eigenvalue weighted by Gasteiger charge is -2.30. The Hall–Kier alpha value is -3.35. The summed E-state index contributed by atoms with van der Waals surface area (Å²) in [4.78, 5) is 39.3. The highest BCUT2D eigenvalue weighted by atomic mass is 16.5. The lowest BCUT2D eigenvalue weighted by Crippen LogP contribution is -2.51. The Balaban J connectivity index is 1.53. The maximum atomic E-state index is 13.1. The predicted molar refractivity (Wildman–Crippen MR) is 119 cm³/mol. The topological polar surface area (TPSA) is 84.9 Å². The summed E-state index contributed by atoms with van der Waals surface area (Å²) in [6.07, 6.45) is 3.02. The molecule has 1 N–H and O–H groups in total. The second kappa shape index (κ2) is 11.9. The summed E-state index contributed by atoms with van der Waals surface area (Å²) in [6.45, 7) is 1.74. The van der Waals surface area contributed by atoms with Crippen molar-refractivity contribution in [3.8, 4) is 0 Å². The third-order valence-electron chi connectivity index (χ3n) is 5.51. The van der Waals surface area contributed by atoms with Gasteiger partial charge in [0.15, 0.2) is 0 Å². The Bertz CT molecular complexity index is 882. The van der Waals surface area contributed by atoms with Crippen LogP contribution in [-0.2, 0) is 32.3 Å². The summed E-state index contributed by atoms with van der Waals surface area (Å²) in [6, 6.07) is 17.9. The van der Waals surface area contributed by atoms with Crippen molar-refractivity contribution in [2.75, 3.05) is 6.54 Å². The van der Waals surface area contributed by atoms with Gasteiger partial charge in [0.25, 0.3) is 0 Å². The molecule has 2 aromatic rings. The molecule has 0 heterocycles. The molecule has 0 aliphatic heterocycles. The van der Waals surface area contributed by atoms with Gasteiger partial charge in [0, 0.05) is 6.04 Å². The molecule has 0 radical (unpaired) electrons. The van der Waals surface area contributed by atoms with Gasteiger partial charge in [-0.05, 0) is 30.9 Å². The van der Waals surface area contributed by atoms with Crippen LogP contribution in [0.1, 0.15) is 43.7 Å². The van der Waals surface area contributed by atoms with Crippen LogP contribution < -0.4 is 5.32 Å². The number of benzene rings is 2. The monoisotopic (exact) mass is 438 g/mol. The van der Waals surface area contributed by atoms with Crippen LogP contribution in [0.25, 0.3) is 0 Å². The number of nitrogens with zero attached hydrogens (tertiary/aromatic N) is 1. The maximum absolute atomic E-state index is 13.1. The molecule has 0 spiro atoms. The van der Waals surface area contributed by atoms with Gasteiger partial charge in [-0.2, -0.15) is 0 Å². The van der Waals surface area contributed by atoms with Gasteiger partial charge in [0.2, 0.25) is 5.91 Å². The van der Waals surface area contributed by atoms with E-state index in [1.54, 1.807) is 11.8 Å². The molecule has 1 aliphatic carbocycles. The van der Waals surface area contributed by atoms with Crippen LogP contribution in [0.15, 0.2) is 60.7 Å². The van der Waals surface area contributed by atoms with Crippen molar-refractivity contribution in [1.29, 1.82) is 0 Å². The van der Waals surface area contributed by atoms with Gasteiger partial charge in [-0.25, -0.2) is 4.79 Å². The van der Waals surface area contributed by atoms with Gasteiger partial charge < -0.3 is 19.7 Å². The maximum Gasteiger partial charge on any atom is 0.408 e. The molecule has 1 atom stereocenters. The first-order chi connectivity index (χ1) is 15.5. The van der Waals surface area contributed by atoms with E-state index in [0.29, 0.717) is 0 Å². The first-order valence-corrected chi connectivity index (χ1v) is 11.0. The number of alkyl carbamates (subject to hydrolysis) is 1. The normalized spacial score (nSPS) is 14.4. The average Bonchev–Trinajstić information content (AvgIpc) is 3.35. The van der Waals surface area contributed by atoms with Crippen molar-refractivity contribution in [3.63, 3.8) is 0 Å². The SMILES string of the molecule is C[C@H](NC(=O)OCc1ccccc1)C(=O)N(CC(=O)OCc1ccccc1)C1CCCC1. The number of ether oxygens (including phenoxy) is 2. The first-order valence-electron chi connectivity index (χ1n) is 11.0. The van der Waals surface area contributed by atoms with Gasteiger partial charge in [-0.3, -0.25) is 9.59 Å². The average molecular weight is 439 g/mol. The third kappa shape index (κ3) is 7.11. The van der Waals surface area contributed by atoms with E-state index in [9.17, 15) is 14.4 Å². The van der Waals surface area contributed by atoms with Crippen LogP contribution in [0, 0.1) is 0 Å². The largest absolute Gasteiger partial charge is 0.459 e. The molecule has 1 saturated carbocycles. The second-order valence-corrected chi connectivity index (χ2v) is 7.98. The van der Waals surface area contributed by atoms with E-state index < -0.39 is 18.1 Å². The first kappa shape index (κ1) is 23.3. The molecule has 32 heavy (non-hydrogen) atoms. The summed E-state index contributed by atoms with van der Waals surface area (Å²) >= 11 is 0. The van der Waals surface area contributed by atoms with Crippen molar-refractivity contribution in [2.45, 2.75) is 57.9 Å². The fraction of sp³-hybridized carbons (Fsp3) is 0.400. The molecule has 2 aromatic carbocycles. The van der Waals surface area contributed by atoms with Crippen LogP contribution >= 0.6 is 0 Å². The molecular weight excluding hydrogens is 408 g/mol. The van der Waals surface area contributed by atoms with Crippen molar-refractivity contribution >= 4 is 18.0 Å². The van der Waals surface area contributed by atoms with Crippen LogP contribution in [0.3, 0.4) is 0 Å². The Morgan fingerprint density at radius 1 is 0.906 bits per heavy atom. The van der Waals surface area contributed by atoms with Crippen molar-refractivity contribution < 1.29 is 23.9 Å². The molecule has 7 heteroatoms. The van der Waals surface area contributed by atoms with Crippen LogP contribution in [0.4, 0.5) is 4.79 Å². The van der Waals surface area contributed by atoms with Crippen molar-refractivity contribution in [3.05, 3.63) is 71.8 Å². The number of nitrogens with one attached hydrogen (secondary N) is 1. The van der Waals surface area contributed by atoms with E-state index in [4.69, 9.17) is 9.47 Å². The fourth-order valence-corrected chi connectivity index (χ4v) is 3.78. The highest BCUT2D eigenvalue weighted by Crippen LogP contribution is 2.24. The standard InChI is InChI=1S/C25H30N2O5/c1-19(26-25(30)32-18-21-12-6-3-7-13-21)24(29)27(22-14-8-9-15-22)16-23(28)31-17-20-10-4-2-5-11-20/h2-7,10-13,19,22H,8-9,14-18H2,1H3,(H,26,30)/t19-/m0/s1. The minimum absolute atomic E-state index is 0.0311. The molecule has 0 bridgehead atoms. The zero-order valence-corrected chi connectivity index (χ0v) is 18.4. The molecule has 170 valence electrons. The zero-order chi connectivity index (χ0) is 22.8. The van der Waals surface area contributed by atoms with E-state index in [-0.39, 0.29) is 31.7 Å². The number of rotatable bonds is 9. The molecule has 2 amide bonds. The Morgan fingerprint density at radius 3 is 2.00 bits per heavy atom. The van der Waals surface area contributed by atoms with Gasteiger partial charge in [0.05, 0.1) is 0 Å². The summed E-state index contributed by atoms with van der Waals surface area (Å²) < 4.78 is 10.6. The second-order valence-electron chi connectivity index (χ2n) is 7.98. The summed E-state index contributed by atoms with van der Waals surface area (Å²) in [7, 11) is 0. The summed E-state index contributed by atoms with van der Waals surface area (Å²) in [5, 5.41) is 2.58. The lowest BCUT2D eigenvalue weighted by atomic mass is 10.1. The number of carbonyl (C=O) groups is 3. The Morgan fingerprint density at radius 2 is 1.44 bits per heavy atom. The smallest absolute Gasteiger partial charge is 0.408 e. The van der Waals surface area contributed by atoms with Gasteiger partial charge in [0.1, 0.15) is 25.8 Å². The van der Waals surface area contributed by atoms with Crippen LogP contribution in [0.5, 0.6) is 0 Å². The highest BCUT2D eigenvalue weighted by molar-refractivity contribution is 5.88. The van der Waals surface area contributed by atoms with E-state index in [1.165, 1.54) is 0 Å². The van der Waals surface area contributed by atoms with Gasteiger partial charge in [-0.1, -0.05) is 73.5 Å². The molecule has 7 nitrogen and oxygen atoms in total. The predicted octanol–water partition coefficient (Wildman–Crippen LogP) is 3.82. The summed E-state index contributed by atoms with van der Waals surface area (Å²) in [5.41, 5.74) is 1.74. The van der Waals surface area contributed by atoms with Crippen LogP contribution in [-0.4, -0.2) is 41.5 Å². The van der Waals surface area contributed by atoms with Gasteiger partial charge in [-0.15, -0.1) is 0 Å². The van der Waals surface area contributed by atoms with E-state index in [1.807, 2.05) is 60.7 Å². The number of carbonyl (C=O) groups excluding carboxylic acids is 3. The molecular formula is C25H30N2O5. The summed E-state index contributed by atoms with van der Waals surface area (Å²) in [5.74, 6) is -0.779. The Kier molecular flexibility index (Phi) is 8.66. The van der Waals surface area contributed by atoms with Gasteiger partial charge >= 0.3 is 12.1 Å². The molecule has 0 aromatic heterocycles.